The number of anilines is 5. The molecule has 358 valence electrons. The average molecular weight is 889 g/mol. The van der Waals surface area contributed by atoms with E-state index < -0.39 is 11.2 Å². The Morgan fingerprint density at radius 1 is 0.625 bits per heavy atom. The zero-order chi connectivity index (χ0) is 47.3. The Morgan fingerprint density at radius 3 is 1.27 bits per heavy atom. The summed E-state index contributed by atoms with van der Waals surface area (Å²) in [6.07, 6.45) is 7.10. The van der Waals surface area contributed by atoms with E-state index in [-0.39, 0.29) is 72.4 Å². The lowest BCUT2D eigenvalue weighted by atomic mass is 9.71. The van der Waals surface area contributed by atoms with E-state index in [1.807, 2.05) is 12.1 Å². The van der Waals surface area contributed by atoms with Gasteiger partial charge in [0, 0.05) is 52.2 Å². The van der Waals surface area contributed by atoms with E-state index in [9.17, 15) is 15.3 Å². The van der Waals surface area contributed by atoms with Crippen molar-refractivity contribution in [3.8, 4) is 0 Å². The molecule has 2 aromatic carbocycles. The molecule has 13 heteroatoms. The molecule has 0 radical (unpaired) electrons. The van der Waals surface area contributed by atoms with Crippen LogP contribution in [0.5, 0.6) is 0 Å². The second-order valence-corrected chi connectivity index (χ2v) is 22.4. The number of hydrogen-bond acceptors (Lipinski definition) is 13. The van der Waals surface area contributed by atoms with E-state index >= 15 is 0 Å². The first-order valence-corrected chi connectivity index (χ1v) is 23.9. The molecule has 4 N–H and O–H groups in total. The lowest BCUT2D eigenvalue weighted by molar-refractivity contribution is -0.303. The van der Waals surface area contributed by atoms with E-state index in [0.717, 1.165) is 62.7 Å². The molecule has 2 fully saturated rings. The van der Waals surface area contributed by atoms with Gasteiger partial charge in [-0.05, 0) is 158 Å². The van der Waals surface area contributed by atoms with E-state index in [1.54, 1.807) is 27.7 Å². The molecule has 3 aromatic rings. The number of aromatic nitrogens is 3. The van der Waals surface area contributed by atoms with Crippen molar-refractivity contribution in [2.24, 2.45) is 11.8 Å². The lowest BCUT2D eigenvalue weighted by Crippen LogP contribution is -2.63. The summed E-state index contributed by atoms with van der Waals surface area (Å²) in [5.74, 6) is 1.95. The summed E-state index contributed by atoms with van der Waals surface area (Å²) in [5.41, 5.74) is -1.32. The molecule has 5 rings (SSSR count). The summed E-state index contributed by atoms with van der Waals surface area (Å²) in [5, 5.41) is 39.0. The zero-order valence-corrected chi connectivity index (χ0v) is 41.9. The van der Waals surface area contributed by atoms with Gasteiger partial charge in [-0.2, -0.15) is 25.1 Å². The highest BCUT2D eigenvalue weighted by atomic mass is 16.7. The highest BCUT2D eigenvalue weighted by Crippen LogP contribution is 2.49. The number of para-hydroxylation sites is 2. The summed E-state index contributed by atoms with van der Waals surface area (Å²) >= 11 is 0. The van der Waals surface area contributed by atoms with Crippen LogP contribution in [0.15, 0.2) is 60.7 Å². The van der Waals surface area contributed by atoms with Crippen molar-refractivity contribution < 1.29 is 25.0 Å². The summed E-state index contributed by atoms with van der Waals surface area (Å²) in [6, 6.07) is 21.0. The monoisotopic (exact) mass is 889 g/mol. The summed E-state index contributed by atoms with van der Waals surface area (Å²) in [4.78, 5) is 33.7. The van der Waals surface area contributed by atoms with Crippen LogP contribution in [-0.4, -0.2) is 112 Å². The van der Waals surface area contributed by atoms with E-state index in [0.29, 0.717) is 17.8 Å². The number of nitrogens with zero attached hydrogens (tertiary/aromatic N) is 7. The second kappa shape index (κ2) is 20.6. The summed E-state index contributed by atoms with van der Waals surface area (Å²) < 4.78 is 0. The highest BCUT2D eigenvalue weighted by molar-refractivity contribution is 5.64. The van der Waals surface area contributed by atoms with Crippen LogP contribution < -0.4 is 15.1 Å². The van der Waals surface area contributed by atoms with Gasteiger partial charge in [-0.3, -0.25) is 9.68 Å². The maximum absolute atomic E-state index is 10.7. The molecule has 1 aromatic heterocycles. The molecule has 0 spiro atoms. The fourth-order valence-electron chi connectivity index (χ4n) is 11.0. The molecule has 0 bridgehead atoms. The smallest absolute Gasteiger partial charge is 0.236 e. The Hall–Kier alpha value is -3.43. The van der Waals surface area contributed by atoms with Gasteiger partial charge in [-0.15, -0.1) is 0 Å². The number of benzene rings is 2. The standard InChI is InChI=1S/C51H84N8O5/c1-15-23-41(37-31-46(3,4)58(47(5,6)32-37)63-35-50(11,12)61)56(39-25-19-17-20-26-39)44-53-43(52-29-30-60)54-45(55-44)57(40-27-21-18-22-28-40)42(24-16-2)38-33-48(7,8)59(49(9,10)34-38)64-36-51(13,14)62/h17-22,25-28,37-38,41-42,60-62H,15-16,23-24,29-36H2,1-14H3,(H,52,53,54,55). The van der Waals surface area contributed by atoms with Gasteiger partial charge in [0.25, 0.3) is 0 Å². The minimum absolute atomic E-state index is 0.00904. The Labute approximate surface area is 385 Å². The van der Waals surface area contributed by atoms with Gasteiger partial charge in [-0.1, -0.05) is 63.1 Å². The van der Waals surface area contributed by atoms with Crippen molar-refractivity contribution in [2.75, 3.05) is 41.5 Å². The predicted molar refractivity (Wildman–Crippen MR) is 260 cm³/mol. The van der Waals surface area contributed by atoms with E-state index in [1.165, 1.54) is 0 Å². The van der Waals surface area contributed by atoms with Crippen molar-refractivity contribution in [1.29, 1.82) is 0 Å². The molecule has 3 heterocycles. The maximum Gasteiger partial charge on any atom is 0.236 e. The topological polar surface area (TPSA) is 143 Å². The third-order valence-corrected chi connectivity index (χ3v) is 12.8. The average Bonchev–Trinajstić information content (AvgIpc) is 3.18. The van der Waals surface area contributed by atoms with Gasteiger partial charge < -0.3 is 30.4 Å². The van der Waals surface area contributed by atoms with Crippen molar-refractivity contribution in [2.45, 2.75) is 194 Å². The minimum Gasteiger partial charge on any atom is -0.395 e. The van der Waals surface area contributed by atoms with Crippen LogP contribution in [0.3, 0.4) is 0 Å². The molecule has 64 heavy (non-hydrogen) atoms. The normalized spacial score (nSPS) is 20.5. The highest BCUT2D eigenvalue weighted by Gasteiger charge is 2.52. The Kier molecular flexibility index (Phi) is 16.6. The van der Waals surface area contributed by atoms with Crippen LogP contribution >= 0.6 is 0 Å². The molecule has 0 amide bonds. The lowest BCUT2D eigenvalue weighted by Gasteiger charge is -2.56. The Balaban J connectivity index is 1.68. The number of hydroxylamine groups is 4. The zero-order valence-electron chi connectivity index (χ0n) is 41.9. The van der Waals surface area contributed by atoms with Crippen molar-refractivity contribution in [3.63, 3.8) is 0 Å². The Bertz CT molecular complexity index is 1730. The van der Waals surface area contributed by atoms with Gasteiger partial charge in [0.15, 0.2) is 0 Å². The molecular weight excluding hydrogens is 805 g/mol. The number of piperidine rings is 2. The van der Waals surface area contributed by atoms with E-state index in [2.05, 4.69) is 143 Å². The first kappa shape index (κ1) is 51.6. The first-order chi connectivity index (χ1) is 29.8. The van der Waals surface area contributed by atoms with Crippen LogP contribution in [0.25, 0.3) is 0 Å². The van der Waals surface area contributed by atoms with Crippen LogP contribution in [0.4, 0.5) is 29.2 Å². The van der Waals surface area contributed by atoms with Crippen molar-refractivity contribution in [1.82, 2.24) is 25.1 Å². The SMILES string of the molecule is CCCC(C1CC(C)(C)N(OCC(C)(C)O)C(C)(C)C1)N(c1ccccc1)c1nc(NCCO)nc(N(c2ccccc2)C(CCC)C2CC(C)(C)N(OCC(C)(C)O)C(C)(C)C2)n1. The van der Waals surface area contributed by atoms with Gasteiger partial charge in [0.1, 0.15) is 0 Å². The quantitative estimate of drug-likeness (QED) is 0.0807. The van der Waals surface area contributed by atoms with Gasteiger partial charge >= 0.3 is 0 Å². The van der Waals surface area contributed by atoms with Crippen molar-refractivity contribution >= 4 is 29.2 Å². The van der Waals surface area contributed by atoms with E-state index in [4.69, 9.17) is 24.6 Å². The van der Waals surface area contributed by atoms with Gasteiger partial charge in [-0.25, -0.2) is 0 Å². The van der Waals surface area contributed by atoms with Crippen LogP contribution in [-0.2, 0) is 9.68 Å². The van der Waals surface area contributed by atoms with Gasteiger partial charge in [0.2, 0.25) is 17.8 Å². The number of aliphatic hydroxyl groups excluding tert-OH is 1. The third kappa shape index (κ3) is 12.9. The fourth-order valence-corrected chi connectivity index (χ4v) is 11.0. The third-order valence-electron chi connectivity index (χ3n) is 12.8. The van der Waals surface area contributed by atoms with Crippen LogP contribution in [0, 0.1) is 11.8 Å². The molecular formula is C51H84N8O5. The number of aliphatic hydroxyl groups is 3. The molecule has 2 aliphatic rings. The number of nitrogens with one attached hydrogen (secondary N) is 1. The number of rotatable bonds is 21. The molecule has 13 nitrogen and oxygen atoms in total. The summed E-state index contributed by atoms with van der Waals surface area (Å²) in [7, 11) is 0. The second-order valence-electron chi connectivity index (χ2n) is 22.4. The molecule has 0 saturated carbocycles. The maximum atomic E-state index is 10.7. The largest absolute Gasteiger partial charge is 0.395 e. The van der Waals surface area contributed by atoms with Crippen LogP contribution in [0.2, 0.25) is 0 Å². The molecule has 2 saturated heterocycles. The van der Waals surface area contributed by atoms with Crippen LogP contribution in [0.1, 0.15) is 148 Å². The molecule has 2 atom stereocenters. The minimum atomic E-state index is -0.963. The van der Waals surface area contributed by atoms with Crippen molar-refractivity contribution in [3.05, 3.63) is 60.7 Å². The molecule has 0 aliphatic carbocycles. The molecule has 2 unspecified atom stereocenters. The fraction of sp³-hybridized carbons (Fsp3) is 0.706. The summed E-state index contributed by atoms with van der Waals surface area (Å²) in [6.45, 7) is 30.2. The predicted octanol–water partition coefficient (Wildman–Crippen LogP) is 9.83. The molecule has 2 aliphatic heterocycles. The number of hydrogen-bond donors (Lipinski definition) is 4. The first-order valence-electron chi connectivity index (χ1n) is 23.9. The van der Waals surface area contributed by atoms with Gasteiger partial charge in [0.05, 0.1) is 31.0 Å². The Morgan fingerprint density at radius 2 is 0.969 bits per heavy atom.